The predicted octanol–water partition coefficient (Wildman–Crippen LogP) is 1.80. The number of hydrogen-bond acceptors (Lipinski definition) is 7. The standard InChI is InChI=1S/C21H29N3O4/c1-26-19-7-6-17(13-20(19)27-2)15-28-16-18(25)14-23-9-11-24(12-10-23)21-5-3-4-8-22-21/h3-8,13,18,25H,9-12,14-16H2,1-2H3/t18-/m0/s1. The summed E-state index contributed by atoms with van der Waals surface area (Å²) in [5, 5.41) is 10.3. The summed E-state index contributed by atoms with van der Waals surface area (Å²) < 4.78 is 16.2. The second kappa shape index (κ2) is 10.3. The van der Waals surface area contributed by atoms with E-state index in [1.807, 2.05) is 42.6 Å². The summed E-state index contributed by atoms with van der Waals surface area (Å²) in [6.07, 6.45) is 1.31. The Morgan fingerprint density at radius 3 is 2.50 bits per heavy atom. The quantitative estimate of drug-likeness (QED) is 0.704. The number of aliphatic hydroxyl groups is 1. The fourth-order valence-corrected chi connectivity index (χ4v) is 3.33. The summed E-state index contributed by atoms with van der Waals surface area (Å²) >= 11 is 0. The largest absolute Gasteiger partial charge is 0.493 e. The second-order valence-electron chi connectivity index (χ2n) is 6.83. The zero-order chi connectivity index (χ0) is 19.8. The molecular formula is C21H29N3O4. The van der Waals surface area contributed by atoms with Gasteiger partial charge in [0, 0.05) is 38.9 Å². The third-order valence-electron chi connectivity index (χ3n) is 4.84. The smallest absolute Gasteiger partial charge is 0.161 e. The van der Waals surface area contributed by atoms with E-state index >= 15 is 0 Å². The number of pyridine rings is 1. The Morgan fingerprint density at radius 2 is 1.82 bits per heavy atom. The molecule has 28 heavy (non-hydrogen) atoms. The molecule has 0 bridgehead atoms. The molecule has 152 valence electrons. The third kappa shape index (κ3) is 5.58. The molecule has 0 aliphatic carbocycles. The SMILES string of the molecule is COc1ccc(COC[C@@H](O)CN2CCN(c3ccccn3)CC2)cc1OC. The number of aromatic nitrogens is 1. The minimum absolute atomic E-state index is 0.300. The van der Waals surface area contributed by atoms with Gasteiger partial charge in [-0.15, -0.1) is 0 Å². The van der Waals surface area contributed by atoms with Gasteiger partial charge in [-0.25, -0.2) is 4.98 Å². The maximum atomic E-state index is 10.3. The summed E-state index contributed by atoms with van der Waals surface area (Å²) in [4.78, 5) is 8.94. The van der Waals surface area contributed by atoms with Crippen LogP contribution >= 0.6 is 0 Å². The number of ether oxygens (including phenoxy) is 3. The van der Waals surface area contributed by atoms with Gasteiger partial charge in [-0.2, -0.15) is 0 Å². The van der Waals surface area contributed by atoms with Gasteiger partial charge in [0.1, 0.15) is 5.82 Å². The van der Waals surface area contributed by atoms with Gasteiger partial charge in [0.05, 0.1) is 33.5 Å². The first-order valence-electron chi connectivity index (χ1n) is 9.54. The van der Waals surface area contributed by atoms with E-state index in [0.29, 0.717) is 31.3 Å². The zero-order valence-electron chi connectivity index (χ0n) is 16.6. The molecule has 1 saturated heterocycles. The highest BCUT2D eigenvalue weighted by molar-refractivity contribution is 5.42. The molecule has 0 saturated carbocycles. The molecule has 1 atom stereocenters. The molecule has 0 radical (unpaired) electrons. The molecule has 1 aromatic heterocycles. The Hall–Kier alpha value is -2.35. The molecule has 7 nitrogen and oxygen atoms in total. The fraction of sp³-hybridized carbons (Fsp3) is 0.476. The minimum atomic E-state index is -0.512. The summed E-state index contributed by atoms with van der Waals surface area (Å²) in [5.41, 5.74) is 0.980. The van der Waals surface area contributed by atoms with Crippen molar-refractivity contribution in [3.05, 3.63) is 48.2 Å². The minimum Gasteiger partial charge on any atom is -0.493 e. The molecule has 0 unspecified atom stereocenters. The molecule has 1 fully saturated rings. The van der Waals surface area contributed by atoms with Crippen LogP contribution in [0.3, 0.4) is 0 Å². The lowest BCUT2D eigenvalue weighted by atomic mass is 10.2. The Balaban J connectivity index is 1.38. The molecule has 3 rings (SSSR count). The molecule has 0 amide bonds. The van der Waals surface area contributed by atoms with E-state index in [4.69, 9.17) is 14.2 Å². The Labute approximate surface area is 166 Å². The summed E-state index contributed by atoms with van der Waals surface area (Å²) in [5.74, 6) is 2.38. The number of methoxy groups -OCH3 is 2. The van der Waals surface area contributed by atoms with Gasteiger partial charge < -0.3 is 24.2 Å². The van der Waals surface area contributed by atoms with Gasteiger partial charge in [0.25, 0.3) is 0 Å². The van der Waals surface area contributed by atoms with Crippen molar-refractivity contribution in [2.24, 2.45) is 0 Å². The lowest BCUT2D eigenvalue weighted by Crippen LogP contribution is -2.49. The van der Waals surface area contributed by atoms with Crippen molar-refractivity contribution >= 4 is 5.82 Å². The summed E-state index contributed by atoms with van der Waals surface area (Å²) in [6.45, 7) is 4.97. The van der Waals surface area contributed by atoms with Crippen molar-refractivity contribution < 1.29 is 19.3 Å². The van der Waals surface area contributed by atoms with Gasteiger partial charge in [0.2, 0.25) is 0 Å². The zero-order valence-corrected chi connectivity index (χ0v) is 16.6. The molecule has 1 N–H and O–H groups in total. The van der Waals surface area contributed by atoms with E-state index in [0.717, 1.165) is 37.6 Å². The van der Waals surface area contributed by atoms with E-state index in [1.54, 1.807) is 14.2 Å². The first-order valence-corrected chi connectivity index (χ1v) is 9.54. The summed E-state index contributed by atoms with van der Waals surface area (Å²) in [7, 11) is 3.22. The van der Waals surface area contributed by atoms with E-state index in [9.17, 15) is 5.11 Å². The maximum Gasteiger partial charge on any atom is 0.161 e. The van der Waals surface area contributed by atoms with Gasteiger partial charge >= 0.3 is 0 Å². The van der Waals surface area contributed by atoms with Crippen molar-refractivity contribution in [2.75, 3.05) is 58.5 Å². The van der Waals surface area contributed by atoms with Gasteiger partial charge in [-0.05, 0) is 29.8 Å². The number of benzene rings is 1. The van der Waals surface area contributed by atoms with Crippen LogP contribution in [-0.4, -0.2) is 74.6 Å². The highest BCUT2D eigenvalue weighted by Gasteiger charge is 2.20. The number of anilines is 1. The monoisotopic (exact) mass is 387 g/mol. The van der Waals surface area contributed by atoms with Crippen LogP contribution in [0.1, 0.15) is 5.56 Å². The van der Waals surface area contributed by atoms with E-state index in [1.165, 1.54) is 0 Å². The lowest BCUT2D eigenvalue weighted by Gasteiger charge is -2.36. The van der Waals surface area contributed by atoms with Gasteiger partial charge in [0.15, 0.2) is 11.5 Å². The Morgan fingerprint density at radius 1 is 1.04 bits per heavy atom. The highest BCUT2D eigenvalue weighted by Crippen LogP contribution is 2.27. The van der Waals surface area contributed by atoms with Crippen molar-refractivity contribution in [3.63, 3.8) is 0 Å². The molecule has 1 aliphatic rings. The number of hydrogen-bond donors (Lipinski definition) is 1. The van der Waals surface area contributed by atoms with Gasteiger partial charge in [-0.3, -0.25) is 4.90 Å². The van der Waals surface area contributed by atoms with Crippen LogP contribution in [-0.2, 0) is 11.3 Å². The van der Waals surface area contributed by atoms with Crippen LogP contribution in [0.15, 0.2) is 42.6 Å². The topological polar surface area (TPSA) is 67.3 Å². The highest BCUT2D eigenvalue weighted by atomic mass is 16.5. The molecular weight excluding hydrogens is 358 g/mol. The molecule has 7 heteroatoms. The first kappa shape index (κ1) is 20.4. The molecule has 1 aromatic carbocycles. The molecule has 2 aromatic rings. The van der Waals surface area contributed by atoms with Crippen LogP contribution in [0.25, 0.3) is 0 Å². The number of rotatable bonds is 9. The van der Waals surface area contributed by atoms with Crippen molar-refractivity contribution in [3.8, 4) is 11.5 Å². The molecule has 0 spiro atoms. The third-order valence-corrected chi connectivity index (χ3v) is 4.84. The molecule has 2 heterocycles. The fourth-order valence-electron chi connectivity index (χ4n) is 3.33. The van der Waals surface area contributed by atoms with Crippen LogP contribution in [0, 0.1) is 0 Å². The van der Waals surface area contributed by atoms with Crippen LogP contribution in [0.4, 0.5) is 5.82 Å². The van der Waals surface area contributed by atoms with Crippen molar-refractivity contribution in [1.82, 2.24) is 9.88 Å². The average Bonchev–Trinajstić information content (AvgIpc) is 2.74. The first-order chi connectivity index (χ1) is 13.7. The van der Waals surface area contributed by atoms with Gasteiger partial charge in [-0.1, -0.05) is 12.1 Å². The van der Waals surface area contributed by atoms with E-state index in [2.05, 4.69) is 14.8 Å². The lowest BCUT2D eigenvalue weighted by molar-refractivity contribution is 0.00907. The van der Waals surface area contributed by atoms with Crippen molar-refractivity contribution in [1.29, 1.82) is 0 Å². The molecule has 1 aliphatic heterocycles. The summed E-state index contributed by atoms with van der Waals surface area (Å²) in [6, 6.07) is 11.7. The van der Waals surface area contributed by atoms with E-state index in [-0.39, 0.29) is 0 Å². The average molecular weight is 387 g/mol. The van der Waals surface area contributed by atoms with Crippen LogP contribution in [0.5, 0.6) is 11.5 Å². The second-order valence-corrected chi connectivity index (χ2v) is 6.83. The van der Waals surface area contributed by atoms with Crippen LogP contribution < -0.4 is 14.4 Å². The van der Waals surface area contributed by atoms with Crippen molar-refractivity contribution in [2.45, 2.75) is 12.7 Å². The Bertz CT molecular complexity index is 721. The number of aliphatic hydroxyl groups excluding tert-OH is 1. The number of nitrogens with zero attached hydrogens (tertiary/aromatic N) is 3. The van der Waals surface area contributed by atoms with E-state index < -0.39 is 6.10 Å². The number of piperazine rings is 1. The number of β-amino-alcohol motifs (C(OH)–C–C–N with tert-alkyl or cyclic N) is 1. The Kier molecular flexibility index (Phi) is 7.47. The predicted molar refractivity (Wildman–Crippen MR) is 108 cm³/mol. The normalized spacial score (nSPS) is 16.0. The van der Waals surface area contributed by atoms with Crippen LogP contribution in [0.2, 0.25) is 0 Å². The maximum absolute atomic E-state index is 10.3.